The molecule has 0 bridgehead atoms. The zero-order valence-electron chi connectivity index (χ0n) is 10.5. The van der Waals surface area contributed by atoms with Gasteiger partial charge in [-0.1, -0.05) is 0 Å². The van der Waals surface area contributed by atoms with Crippen molar-refractivity contribution in [2.24, 2.45) is 0 Å². The van der Waals surface area contributed by atoms with Crippen LogP contribution in [0.15, 0.2) is 29.4 Å². The highest BCUT2D eigenvalue weighted by molar-refractivity contribution is 7.92. The summed E-state index contributed by atoms with van der Waals surface area (Å²) in [5.74, 6) is 0.239. The number of aromatic nitrogens is 2. The molecule has 0 fully saturated rings. The highest BCUT2D eigenvalue weighted by Crippen LogP contribution is 2.30. The Labute approximate surface area is 110 Å². The average Bonchev–Trinajstić information content (AvgIpc) is 2.84. The van der Waals surface area contributed by atoms with Crippen LogP contribution in [0.4, 0.5) is 11.4 Å². The van der Waals surface area contributed by atoms with Crippen molar-refractivity contribution in [3.8, 4) is 5.75 Å². The Morgan fingerprint density at radius 2 is 2.16 bits per heavy atom. The molecule has 7 nitrogen and oxygen atoms in total. The zero-order chi connectivity index (χ0) is 14.0. The fourth-order valence-corrected chi connectivity index (χ4v) is 2.78. The number of nitrogens with one attached hydrogen (secondary N) is 2. The van der Waals surface area contributed by atoms with Crippen LogP contribution in [0.5, 0.6) is 5.75 Å². The Balaban J connectivity index is 2.48. The number of aromatic amines is 1. The highest BCUT2D eigenvalue weighted by atomic mass is 32.2. The Morgan fingerprint density at radius 3 is 2.74 bits per heavy atom. The molecule has 0 radical (unpaired) electrons. The van der Waals surface area contributed by atoms with E-state index in [0.717, 1.165) is 5.56 Å². The maximum absolute atomic E-state index is 12.3. The number of H-pyrrole nitrogens is 1. The number of aryl methyl sites for hydroxylation is 1. The third kappa shape index (κ3) is 2.63. The fraction of sp³-hybridized carbons (Fsp3) is 0.182. The summed E-state index contributed by atoms with van der Waals surface area (Å²) in [4.78, 5) is -0.0145. The molecule has 0 unspecified atom stereocenters. The van der Waals surface area contributed by atoms with Gasteiger partial charge in [-0.3, -0.25) is 9.82 Å². The molecule has 2 aromatic rings. The number of rotatable bonds is 4. The van der Waals surface area contributed by atoms with Gasteiger partial charge in [0.1, 0.15) is 10.6 Å². The molecule has 0 spiro atoms. The lowest BCUT2D eigenvalue weighted by Gasteiger charge is -2.12. The first-order valence-electron chi connectivity index (χ1n) is 5.40. The quantitative estimate of drug-likeness (QED) is 0.728. The van der Waals surface area contributed by atoms with Crippen LogP contribution >= 0.6 is 0 Å². The van der Waals surface area contributed by atoms with Crippen molar-refractivity contribution in [3.63, 3.8) is 0 Å². The van der Waals surface area contributed by atoms with Crippen molar-refractivity contribution >= 4 is 21.4 Å². The van der Waals surface area contributed by atoms with E-state index in [1.165, 1.54) is 25.6 Å². The SMILES string of the molecule is COc1cc(C)c(N)cc1S(=O)(=O)Nc1cn[nH]c1. The first kappa shape index (κ1) is 13.2. The molecule has 2 rings (SSSR count). The van der Waals surface area contributed by atoms with Crippen molar-refractivity contribution in [2.45, 2.75) is 11.8 Å². The Kier molecular flexibility index (Phi) is 3.34. The number of hydrogen-bond donors (Lipinski definition) is 3. The normalized spacial score (nSPS) is 11.3. The predicted molar refractivity (Wildman–Crippen MR) is 71.5 cm³/mol. The van der Waals surface area contributed by atoms with Gasteiger partial charge in [-0.2, -0.15) is 5.10 Å². The number of ether oxygens (including phenoxy) is 1. The molecule has 8 heteroatoms. The average molecular weight is 282 g/mol. The van der Waals surface area contributed by atoms with Crippen LogP contribution in [-0.4, -0.2) is 25.7 Å². The molecular formula is C11H14N4O3S. The van der Waals surface area contributed by atoms with E-state index in [0.29, 0.717) is 11.4 Å². The Morgan fingerprint density at radius 1 is 1.42 bits per heavy atom. The minimum absolute atomic E-state index is 0.0145. The molecule has 102 valence electrons. The van der Waals surface area contributed by atoms with Gasteiger partial charge in [-0.05, 0) is 24.6 Å². The zero-order valence-corrected chi connectivity index (χ0v) is 11.3. The van der Waals surface area contributed by atoms with Crippen LogP contribution in [0, 0.1) is 6.92 Å². The van der Waals surface area contributed by atoms with Crippen LogP contribution in [-0.2, 0) is 10.0 Å². The van der Waals surface area contributed by atoms with Gasteiger partial charge < -0.3 is 10.5 Å². The van der Waals surface area contributed by atoms with E-state index in [1.54, 1.807) is 13.0 Å². The lowest BCUT2D eigenvalue weighted by Crippen LogP contribution is -2.14. The number of hydrogen-bond acceptors (Lipinski definition) is 5. The molecule has 0 saturated heterocycles. The molecule has 0 saturated carbocycles. The summed E-state index contributed by atoms with van der Waals surface area (Å²) >= 11 is 0. The molecule has 19 heavy (non-hydrogen) atoms. The minimum Gasteiger partial charge on any atom is -0.495 e. The molecule has 0 aliphatic carbocycles. The van der Waals surface area contributed by atoms with Crippen molar-refractivity contribution < 1.29 is 13.2 Å². The number of benzene rings is 1. The van der Waals surface area contributed by atoms with Crippen LogP contribution in [0.2, 0.25) is 0 Å². The van der Waals surface area contributed by atoms with E-state index in [4.69, 9.17) is 10.5 Å². The molecule has 1 aromatic carbocycles. The molecular weight excluding hydrogens is 268 g/mol. The van der Waals surface area contributed by atoms with Gasteiger partial charge in [0.15, 0.2) is 0 Å². The van der Waals surface area contributed by atoms with Gasteiger partial charge in [0, 0.05) is 11.9 Å². The molecule has 0 aliphatic heterocycles. The van der Waals surface area contributed by atoms with Gasteiger partial charge in [-0.25, -0.2) is 8.42 Å². The van der Waals surface area contributed by atoms with Gasteiger partial charge in [0.25, 0.3) is 10.0 Å². The molecule has 0 atom stereocenters. The summed E-state index contributed by atoms with van der Waals surface area (Å²) in [6.07, 6.45) is 2.79. The van der Waals surface area contributed by atoms with E-state index >= 15 is 0 Å². The van der Waals surface area contributed by atoms with Crippen molar-refractivity contribution in [1.82, 2.24) is 10.2 Å². The lowest BCUT2D eigenvalue weighted by atomic mass is 10.2. The van der Waals surface area contributed by atoms with Gasteiger partial charge in [0.2, 0.25) is 0 Å². The van der Waals surface area contributed by atoms with Crippen molar-refractivity contribution in [1.29, 1.82) is 0 Å². The summed E-state index contributed by atoms with van der Waals surface area (Å²) in [7, 11) is -2.38. The lowest BCUT2D eigenvalue weighted by molar-refractivity contribution is 0.402. The van der Waals surface area contributed by atoms with Gasteiger partial charge in [0.05, 0.1) is 19.0 Å². The first-order valence-corrected chi connectivity index (χ1v) is 6.88. The number of sulfonamides is 1. The number of nitrogen functional groups attached to an aromatic ring is 1. The minimum atomic E-state index is -3.78. The number of methoxy groups -OCH3 is 1. The van der Waals surface area contributed by atoms with Crippen molar-refractivity contribution in [2.75, 3.05) is 17.6 Å². The molecule has 0 amide bonds. The van der Waals surface area contributed by atoms with E-state index in [9.17, 15) is 8.42 Å². The number of anilines is 2. The topological polar surface area (TPSA) is 110 Å². The summed E-state index contributed by atoms with van der Waals surface area (Å²) in [5, 5.41) is 6.19. The third-order valence-corrected chi connectivity index (χ3v) is 3.99. The number of nitrogens with two attached hydrogens (primary N) is 1. The second kappa shape index (κ2) is 4.81. The molecule has 1 heterocycles. The summed E-state index contributed by atoms with van der Waals surface area (Å²) < 4.78 is 32.0. The maximum Gasteiger partial charge on any atom is 0.265 e. The van der Waals surface area contributed by atoms with Gasteiger partial charge in [-0.15, -0.1) is 0 Å². The number of nitrogens with zero attached hydrogens (tertiary/aromatic N) is 1. The molecule has 0 aliphatic rings. The first-order chi connectivity index (χ1) is 8.94. The predicted octanol–water partition coefficient (Wildman–Crippen LogP) is 1.11. The van der Waals surface area contributed by atoms with Crippen LogP contribution < -0.4 is 15.2 Å². The maximum atomic E-state index is 12.3. The van der Waals surface area contributed by atoms with E-state index in [2.05, 4.69) is 14.9 Å². The third-order valence-electron chi connectivity index (χ3n) is 2.59. The molecule has 4 N–H and O–H groups in total. The summed E-state index contributed by atoms with van der Waals surface area (Å²) in [6, 6.07) is 2.95. The van der Waals surface area contributed by atoms with Crippen LogP contribution in [0.25, 0.3) is 0 Å². The monoisotopic (exact) mass is 282 g/mol. The van der Waals surface area contributed by atoms with Crippen LogP contribution in [0.3, 0.4) is 0 Å². The smallest absolute Gasteiger partial charge is 0.265 e. The standard InChI is InChI=1S/C11H14N4O3S/c1-7-3-10(18-2)11(4-9(7)12)19(16,17)15-8-5-13-14-6-8/h3-6,15H,12H2,1-2H3,(H,13,14). The Hall–Kier alpha value is -2.22. The molecule has 1 aromatic heterocycles. The second-order valence-corrected chi connectivity index (χ2v) is 5.60. The van der Waals surface area contributed by atoms with E-state index in [-0.39, 0.29) is 10.6 Å². The van der Waals surface area contributed by atoms with Crippen LogP contribution in [0.1, 0.15) is 5.56 Å². The van der Waals surface area contributed by atoms with E-state index < -0.39 is 10.0 Å². The Bertz CT molecular complexity index is 680. The van der Waals surface area contributed by atoms with Crippen molar-refractivity contribution in [3.05, 3.63) is 30.1 Å². The summed E-state index contributed by atoms with van der Waals surface area (Å²) in [6.45, 7) is 1.78. The largest absolute Gasteiger partial charge is 0.495 e. The van der Waals surface area contributed by atoms with E-state index in [1.807, 2.05) is 0 Å². The van der Waals surface area contributed by atoms with Gasteiger partial charge >= 0.3 is 0 Å². The second-order valence-electron chi connectivity index (χ2n) is 3.95. The summed E-state index contributed by atoms with van der Waals surface area (Å²) in [5.41, 5.74) is 7.21. The fourth-order valence-electron chi connectivity index (χ4n) is 1.56. The highest BCUT2D eigenvalue weighted by Gasteiger charge is 2.21.